The summed E-state index contributed by atoms with van der Waals surface area (Å²) in [6.45, 7) is 7.64. The largest absolute Gasteiger partial charge is 0.310 e. The summed E-state index contributed by atoms with van der Waals surface area (Å²) in [6.07, 6.45) is 6.32. The highest BCUT2D eigenvalue weighted by Gasteiger charge is 2.21. The Bertz CT molecular complexity index is 421. The van der Waals surface area contributed by atoms with Gasteiger partial charge in [-0.05, 0) is 56.5 Å². The number of nitrogens with one attached hydrogen (secondary N) is 1. The lowest BCUT2D eigenvalue weighted by Crippen LogP contribution is -2.40. The van der Waals surface area contributed by atoms with Gasteiger partial charge in [-0.1, -0.05) is 32.4 Å². The molecule has 0 aliphatic carbocycles. The molecule has 1 aliphatic rings. The first-order valence-corrected chi connectivity index (χ1v) is 8.47. The van der Waals surface area contributed by atoms with Crippen LogP contribution in [0.2, 0.25) is 0 Å². The summed E-state index contributed by atoms with van der Waals surface area (Å²) >= 11 is 0. The average Bonchev–Trinajstić information content (AvgIpc) is 2.51. The Balaban J connectivity index is 1.96. The molecule has 0 aromatic heterocycles. The average molecular weight is 292 g/mol. The minimum absolute atomic E-state index is 0.139. The second kappa shape index (κ2) is 8.50. The number of likely N-dealkylation sites (tertiary alicyclic amines) is 1. The van der Waals surface area contributed by atoms with Gasteiger partial charge in [0.05, 0.1) is 0 Å². The molecule has 2 atom stereocenters. The number of rotatable bonds is 7. The summed E-state index contributed by atoms with van der Waals surface area (Å²) in [4.78, 5) is 2.63. The van der Waals surface area contributed by atoms with Crippen molar-refractivity contribution in [3.8, 4) is 0 Å². The van der Waals surface area contributed by atoms with Crippen LogP contribution in [0.4, 0.5) is 4.39 Å². The van der Waals surface area contributed by atoms with E-state index in [-0.39, 0.29) is 11.9 Å². The van der Waals surface area contributed by atoms with E-state index in [1.165, 1.54) is 38.3 Å². The van der Waals surface area contributed by atoms with Crippen LogP contribution < -0.4 is 5.32 Å². The minimum Gasteiger partial charge on any atom is -0.310 e. The van der Waals surface area contributed by atoms with E-state index < -0.39 is 0 Å². The van der Waals surface area contributed by atoms with Crippen molar-refractivity contribution in [3.63, 3.8) is 0 Å². The Morgan fingerprint density at radius 3 is 2.90 bits per heavy atom. The van der Waals surface area contributed by atoms with Gasteiger partial charge in [0.2, 0.25) is 0 Å². The summed E-state index contributed by atoms with van der Waals surface area (Å²) in [7, 11) is 0. The molecule has 1 heterocycles. The smallest absolute Gasteiger partial charge is 0.123 e. The van der Waals surface area contributed by atoms with Crippen molar-refractivity contribution in [2.24, 2.45) is 0 Å². The third-order valence-electron chi connectivity index (χ3n) is 4.63. The molecule has 0 spiro atoms. The van der Waals surface area contributed by atoms with Crippen LogP contribution in [-0.2, 0) is 0 Å². The molecule has 0 bridgehead atoms. The lowest BCUT2D eigenvalue weighted by Gasteiger charge is -2.36. The fourth-order valence-corrected chi connectivity index (χ4v) is 3.47. The van der Waals surface area contributed by atoms with Crippen molar-refractivity contribution >= 4 is 0 Å². The predicted molar refractivity (Wildman–Crippen MR) is 86.9 cm³/mol. The highest BCUT2D eigenvalue weighted by Crippen LogP contribution is 2.23. The molecule has 3 heteroatoms. The van der Waals surface area contributed by atoms with E-state index in [9.17, 15) is 4.39 Å². The van der Waals surface area contributed by atoms with Crippen LogP contribution in [0.3, 0.4) is 0 Å². The third kappa shape index (κ3) is 4.79. The molecule has 2 unspecified atom stereocenters. The molecule has 21 heavy (non-hydrogen) atoms. The van der Waals surface area contributed by atoms with Crippen molar-refractivity contribution in [1.82, 2.24) is 10.2 Å². The summed E-state index contributed by atoms with van der Waals surface area (Å²) in [5.74, 6) is -0.139. The van der Waals surface area contributed by atoms with E-state index in [0.29, 0.717) is 0 Å². The Hall–Kier alpha value is -0.930. The van der Waals surface area contributed by atoms with Gasteiger partial charge in [-0.15, -0.1) is 0 Å². The fourth-order valence-electron chi connectivity index (χ4n) is 3.47. The van der Waals surface area contributed by atoms with Crippen molar-refractivity contribution < 1.29 is 4.39 Å². The molecule has 1 N–H and O–H groups in total. The van der Waals surface area contributed by atoms with Crippen LogP contribution in [0, 0.1) is 5.82 Å². The Morgan fingerprint density at radius 1 is 1.33 bits per heavy atom. The molecule has 1 aromatic rings. The highest BCUT2D eigenvalue weighted by molar-refractivity contribution is 5.20. The topological polar surface area (TPSA) is 15.3 Å². The second-order valence-electron chi connectivity index (χ2n) is 6.05. The van der Waals surface area contributed by atoms with E-state index in [1.54, 1.807) is 6.07 Å². The van der Waals surface area contributed by atoms with Crippen LogP contribution >= 0.6 is 0 Å². The molecule has 118 valence electrons. The zero-order valence-corrected chi connectivity index (χ0v) is 13.4. The monoisotopic (exact) mass is 292 g/mol. The second-order valence-corrected chi connectivity index (χ2v) is 6.05. The number of hydrogen-bond acceptors (Lipinski definition) is 2. The van der Waals surface area contributed by atoms with Gasteiger partial charge in [0, 0.05) is 18.6 Å². The van der Waals surface area contributed by atoms with E-state index in [1.807, 2.05) is 12.1 Å². The van der Waals surface area contributed by atoms with Crippen LogP contribution in [-0.4, -0.2) is 30.6 Å². The van der Waals surface area contributed by atoms with E-state index in [0.717, 1.165) is 31.1 Å². The van der Waals surface area contributed by atoms with Crippen molar-refractivity contribution in [1.29, 1.82) is 0 Å². The lowest BCUT2D eigenvalue weighted by atomic mass is 9.98. The predicted octanol–water partition coefficient (Wildman–Crippen LogP) is 4.13. The maximum Gasteiger partial charge on any atom is 0.123 e. The molecule has 2 rings (SSSR count). The number of benzene rings is 1. The first-order valence-electron chi connectivity index (χ1n) is 8.47. The number of piperidine rings is 1. The van der Waals surface area contributed by atoms with Gasteiger partial charge >= 0.3 is 0 Å². The summed E-state index contributed by atoms with van der Waals surface area (Å²) < 4.78 is 13.4. The zero-order valence-electron chi connectivity index (χ0n) is 13.4. The molecule has 1 aromatic carbocycles. The molecule has 0 saturated carbocycles. The number of nitrogens with zero attached hydrogens (tertiary/aromatic N) is 1. The van der Waals surface area contributed by atoms with Crippen molar-refractivity contribution in [2.45, 2.75) is 58.0 Å². The van der Waals surface area contributed by atoms with Gasteiger partial charge in [-0.3, -0.25) is 0 Å². The quantitative estimate of drug-likeness (QED) is 0.813. The summed E-state index contributed by atoms with van der Waals surface area (Å²) in [6, 6.07) is 8.03. The molecule has 1 aliphatic heterocycles. The molecular formula is C18H29FN2. The van der Waals surface area contributed by atoms with Gasteiger partial charge in [-0.2, -0.15) is 0 Å². The Morgan fingerprint density at radius 2 is 2.19 bits per heavy atom. The van der Waals surface area contributed by atoms with Crippen molar-refractivity contribution in [3.05, 3.63) is 35.6 Å². The van der Waals surface area contributed by atoms with E-state index in [4.69, 9.17) is 0 Å². The minimum atomic E-state index is -0.139. The Kier molecular flexibility index (Phi) is 6.65. The first kappa shape index (κ1) is 16.4. The van der Waals surface area contributed by atoms with Gasteiger partial charge in [0.15, 0.2) is 0 Å². The van der Waals surface area contributed by atoms with E-state index in [2.05, 4.69) is 24.1 Å². The maximum atomic E-state index is 13.4. The van der Waals surface area contributed by atoms with Crippen LogP contribution in [0.5, 0.6) is 0 Å². The molecule has 1 saturated heterocycles. The summed E-state index contributed by atoms with van der Waals surface area (Å²) in [5, 5.41) is 3.51. The molecular weight excluding hydrogens is 263 g/mol. The first-order chi connectivity index (χ1) is 10.2. The Labute approximate surface area is 128 Å². The van der Waals surface area contributed by atoms with Crippen molar-refractivity contribution in [2.75, 3.05) is 19.6 Å². The molecule has 0 amide bonds. The van der Waals surface area contributed by atoms with E-state index >= 15 is 0 Å². The SMILES string of the molecule is CCNC(CCN1CCCCC1CC)c1cccc(F)c1. The number of hydrogen-bond donors (Lipinski definition) is 1. The summed E-state index contributed by atoms with van der Waals surface area (Å²) in [5.41, 5.74) is 1.07. The maximum absolute atomic E-state index is 13.4. The normalized spacial score (nSPS) is 21.4. The van der Waals surface area contributed by atoms with Gasteiger partial charge < -0.3 is 10.2 Å². The molecule has 2 nitrogen and oxygen atoms in total. The molecule has 0 radical (unpaired) electrons. The van der Waals surface area contributed by atoms with Crippen LogP contribution in [0.25, 0.3) is 0 Å². The lowest BCUT2D eigenvalue weighted by molar-refractivity contribution is 0.137. The fraction of sp³-hybridized carbons (Fsp3) is 0.667. The van der Waals surface area contributed by atoms with Gasteiger partial charge in [0.1, 0.15) is 5.82 Å². The zero-order chi connectivity index (χ0) is 15.1. The van der Waals surface area contributed by atoms with Gasteiger partial charge in [-0.25, -0.2) is 4.39 Å². The standard InChI is InChI=1S/C18H29FN2/c1-3-17-10-5-6-12-21(17)13-11-18(20-4-2)15-8-7-9-16(19)14-15/h7-9,14,17-18,20H,3-6,10-13H2,1-2H3. The third-order valence-corrected chi connectivity index (χ3v) is 4.63. The highest BCUT2D eigenvalue weighted by atomic mass is 19.1. The number of halogens is 1. The van der Waals surface area contributed by atoms with Crippen LogP contribution in [0.15, 0.2) is 24.3 Å². The van der Waals surface area contributed by atoms with Gasteiger partial charge in [0.25, 0.3) is 0 Å². The van der Waals surface area contributed by atoms with Crippen LogP contribution in [0.1, 0.15) is 57.6 Å². The molecule has 1 fully saturated rings.